The van der Waals surface area contributed by atoms with Crippen LogP contribution in [0.5, 0.6) is 0 Å². The van der Waals surface area contributed by atoms with Gasteiger partial charge >= 0.3 is 6.18 Å². The third kappa shape index (κ3) is 4.22. The average molecular weight is 411 g/mol. The summed E-state index contributed by atoms with van der Waals surface area (Å²) >= 11 is 0.896. The molecular weight excluding hydrogens is 399 g/mol. The molecule has 0 saturated heterocycles. The van der Waals surface area contributed by atoms with Crippen LogP contribution in [0.2, 0.25) is 0 Å². The number of rotatable bonds is 5. The number of nitrogens with zero attached hydrogens (tertiary/aromatic N) is 4. The Kier molecular flexibility index (Phi) is 5.23. The summed E-state index contributed by atoms with van der Waals surface area (Å²) in [5.41, 5.74) is 0.0948. The number of nitro groups is 1. The van der Waals surface area contributed by atoms with Crippen molar-refractivity contribution in [2.24, 2.45) is 0 Å². The van der Waals surface area contributed by atoms with Gasteiger partial charge in [-0.25, -0.2) is 0 Å². The Morgan fingerprint density at radius 2 is 2.04 bits per heavy atom. The van der Waals surface area contributed by atoms with Crippen molar-refractivity contribution in [3.05, 3.63) is 57.8 Å². The van der Waals surface area contributed by atoms with Gasteiger partial charge in [-0.3, -0.25) is 19.3 Å². The van der Waals surface area contributed by atoms with E-state index in [-0.39, 0.29) is 27.9 Å². The Balaban J connectivity index is 1.73. The van der Waals surface area contributed by atoms with E-state index in [1.807, 2.05) is 0 Å². The number of amides is 1. The molecule has 0 unspecified atom stereocenters. The van der Waals surface area contributed by atoms with Crippen LogP contribution in [0.4, 0.5) is 24.5 Å². The fraction of sp³-hybridized carbons (Fsp3) is 0.188. The summed E-state index contributed by atoms with van der Waals surface area (Å²) in [4.78, 5) is 22.4. The molecule has 2 aromatic heterocycles. The van der Waals surface area contributed by atoms with Crippen LogP contribution >= 0.6 is 11.8 Å². The van der Waals surface area contributed by atoms with Gasteiger partial charge in [0, 0.05) is 18.3 Å². The number of nitro benzene ring substituents is 1. The smallest absolute Gasteiger partial charge is 0.325 e. The van der Waals surface area contributed by atoms with Gasteiger partial charge in [0.15, 0.2) is 10.8 Å². The van der Waals surface area contributed by atoms with E-state index in [1.165, 1.54) is 24.3 Å². The van der Waals surface area contributed by atoms with E-state index in [2.05, 4.69) is 15.5 Å². The Bertz CT molecular complexity index is 1070. The zero-order valence-corrected chi connectivity index (χ0v) is 15.0. The number of halogens is 3. The highest BCUT2D eigenvalue weighted by atomic mass is 32.2. The summed E-state index contributed by atoms with van der Waals surface area (Å²) < 4.78 is 39.7. The third-order valence-corrected chi connectivity index (χ3v) is 4.68. The molecule has 1 aromatic carbocycles. The molecule has 0 atom stereocenters. The van der Waals surface area contributed by atoms with E-state index in [1.54, 1.807) is 6.92 Å². The maximum Gasteiger partial charge on any atom is 0.417 e. The number of anilines is 1. The van der Waals surface area contributed by atoms with Crippen molar-refractivity contribution in [1.29, 1.82) is 0 Å². The van der Waals surface area contributed by atoms with E-state index in [0.717, 1.165) is 28.4 Å². The molecule has 12 heteroatoms. The first-order valence-corrected chi connectivity index (χ1v) is 8.73. The summed E-state index contributed by atoms with van der Waals surface area (Å²) in [5.74, 6) is -0.656. The second kappa shape index (κ2) is 7.46. The molecule has 1 N–H and O–H groups in total. The molecule has 28 heavy (non-hydrogen) atoms. The molecule has 0 bridgehead atoms. The molecular formula is C16H12F3N5O3S. The van der Waals surface area contributed by atoms with E-state index >= 15 is 0 Å². The number of carbonyl (C=O) groups excluding carboxylic acids is 1. The fourth-order valence-electron chi connectivity index (χ4n) is 2.31. The van der Waals surface area contributed by atoms with Gasteiger partial charge in [-0.15, -0.1) is 10.2 Å². The summed E-state index contributed by atoms with van der Waals surface area (Å²) in [6, 6.07) is 6.15. The SMILES string of the molecule is Cc1ccc([N+](=O)[O-])cc1NC(=O)CSc1nnc2ccc(C(F)(F)F)cn12. The van der Waals surface area contributed by atoms with Gasteiger partial charge < -0.3 is 5.32 Å². The number of non-ortho nitro benzene ring substituents is 1. The van der Waals surface area contributed by atoms with E-state index < -0.39 is 22.6 Å². The largest absolute Gasteiger partial charge is 0.417 e. The zero-order chi connectivity index (χ0) is 20.5. The number of alkyl halides is 3. The summed E-state index contributed by atoms with van der Waals surface area (Å²) in [6.45, 7) is 1.68. The lowest BCUT2D eigenvalue weighted by Gasteiger charge is -2.08. The maximum absolute atomic E-state index is 12.9. The standard InChI is InChI=1S/C16H12F3N5O3S/c1-9-2-4-11(24(26)27)6-12(9)20-14(25)8-28-15-22-21-13-5-3-10(7-23(13)15)16(17,18)19/h2-7H,8H2,1H3,(H,20,25). The molecule has 146 valence electrons. The van der Waals surface area contributed by atoms with Gasteiger partial charge in [-0.05, 0) is 24.6 Å². The minimum atomic E-state index is -4.52. The third-order valence-electron chi connectivity index (χ3n) is 3.74. The molecule has 0 aliphatic rings. The maximum atomic E-state index is 12.9. The van der Waals surface area contributed by atoms with E-state index in [9.17, 15) is 28.1 Å². The average Bonchev–Trinajstić information content (AvgIpc) is 3.03. The normalized spacial score (nSPS) is 11.6. The van der Waals surface area contributed by atoms with Crippen molar-refractivity contribution in [3.63, 3.8) is 0 Å². The van der Waals surface area contributed by atoms with Gasteiger partial charge in [0.1, 0.15) is 0 Å². The predicted molar refractivity (Wildman–Crippen MR) is 95.2 cm³/mol. The Morgan fingerprint density at radius 1 is 1.29 bits per heavy atom. The van der Waals surface area contributed by atoms with Crippen LogP contribution in [0.15, 0.2) is 41.7 Å². The molecule has 3 aromatic rings. The number of aromatic nitrogens is 3. The number of carbonyl (C=O) groups is 1. The molecule has 0 spiro atoms. The highest BCUT2D eigenvalue weighted by Crippen LogP contribution is 2.30. The number of pyridine rings is 1. The van der Waals surface area contributed by atoms with Crippen molar-refractivity contribution in [2.45, 2.75) is 18.3 Å². The summed E-state index contributed by atoms with van der Waals surface area (Å²) in [6.07, 6.45) is -3.66. The Labute approximate surface area is 159 Å². The van der Waals surface area contributed by atoms with Crippen LogP contribution in [0, 0.1) is 17.0 Å². The quantitative estimate of drug-likeness (QED) is 0.390. The molecule has 8 nitrogen and oxygen atoms in total. The van der Waals surface area contributed by atoms with Gasteiger partial charge in [-0.1, -0.05) is 17.8 Å². The topological polar surface area (TPSA) is 102 Å². The lowest BCUT2D eigenvalue weighted by Crippen LogP contribution is -2.15. The number of benzene rings is 1. The number of aryl methyl sites for hydroxylation is 1. The van der Waals surface area contributed by atoms with Crippen LogP contribution in [0.1, 0.15) is 11.1 Å². The number of fused-ring (bicyclic) bond motifs is 1. The van der Waals surface area contributed by atoms with E-state index in [0.29, 0.717) is 5.56 Å². The second-order valence-corrected chi connectivity index (χ2v) is 6.66. The first-order chi connectivity index (χ1) is 13.1. The van der Waals surface area contributed by atoms with Crippen LogP contribution in [0.3, 0.4) is 0 Å². The highest BCUT2D eigenvalue weighted by molar-refractivity contribution is 7.99. The second-order valence-electron chi connectivity index (χ2n) is 5.72. The van der Waals surface area contributed by atoms with Gasteiger partial charge in [0.05, 0.1) is 21.9 Å². The van der Waals surface area contributed by atoms with Crippen LogP contribution in [-0.2, 0) is 11.0 Å². The van der Waals surface area contributed by atoms with Gasteiger partial charge in [0.2, 0.25) is 5.91 Å². The lowest BCUT2D eigenvalue weighted by atomic mass is 10.2. The van der Waals surface area contributed by atoms with Crippen molar-refractivity contribution in [1.82, 2.24) is 14.6 Å². The van der Waals surface area contributed by atoms with Gasteiger partial charge in [-0.2, -0.15) is 13.2 Å². The van der Waals surface area contributed by atoms with E-state index in [4.69, 9.17) is 0 Å². The first kappa shape index (κ1) is 19.6. The van der Waals surface area contributed by atoms with Crippen LogP contribution in [0.25, 0.3) is 5.65 Å². The molecule has 0 aliphatic heterocycles. The summed E-state index contributed by atoms with van der Waals surface area (Å²) in [7, 11) is 0. The predicted octanol–water partition coefficient (Wildman–Crippen LogP) is 3.70. The number of nitrogens with one attached hydrogen (secondary N) is 1. The molecule has 1 amide bonds. The minimum absolute atomic E-state index is 0.118. The van der Waals surface area contributed by atoms with Crippen molar-refractivity contribution >= 4 is 34.7 Å². The monoisotopic (exact) mass is 411 g/mol. The van der Waals surface area contributed by atoms with Crippen LogP contribution < -0.4 is 5.32 Å². The molecule has 2 heterocycles. The molecule has 3 rings (SSSR count). The number of hydrogen-bond donors (Lipinski definition) is 1. The van der Waals surface area contributed by atoms with Crippen molar-refractivity contribution in [2.75, 3.05) is 11.1 Å². The first-order valence-electron chi connectivity index (χ1n) is 7.75. The molecule has 0 fully saturated rings. The highest BCUT2D eigenvalue weighted by Gasteiger charge is 2.31. The zero-order valence-electron chi connectivity index (χ0n) is 14.2. The molecule has 0 aliphatic carbocycles. The number of hydrogen-bond acceptors (Lipinski definition) is 6. The Hall–Kier alpha value is -3.15. The van der Waals surface area contributed by atoms with Crippen LogP contribution in [-0.4, -0.2) is 31.2 Å². The molecule has 0 radical (unpaired) electrons. The number of thioether (sulfide) groups is 1. The minimum Gasteiger partial charge on any atom is -0.325 e. The molecule has 0 saturated carbocycles. The van der Waals surface area contributed by atoms with Gasteiger partial charge in [0.25, 0.3) is 5.69 Å². The summed E-state index contributed by atoms with van der Waals surface area (Å²) in [5, 5.41) is 21.1. The fourth-order valence-corrected chi connectivity index (χ4v) is 3.03. The van der Waals surface area contributed by atoms with Crippen molar-refractivity contribution < 1.29 is 22.9 Å². The van der Waals surface area contributed by atoms with Crippen molar-refractivity contribution in [3.8, 4) is 0 Å². The lowest BCUT2D eigenvalue weighted by molar-refractivity contribution is -0.384. The Morgan fingerprint density at radius 3 is 2.71 bits per heavy atom.